The van der Waals surface area contributed by atoms with Crippen molar-refractivity contribution < 1.29 is 19.1 Å². The third-order valence-electron chi connectivity index (χ3n) is 4.53. The van der Waals surface area contributed by atoms with Gasteiger partial charge in [0.2, 0.25) is 0 Å². The smallest absolute Gasteiger partial charge is 0.338 e. The summed E-state index contributed by atoms with van der Waals surface area (Å²) < 4.78 is 6.71. The van der Waals surface area contributed by atoms with Crippen molar-refractivity contribution in [3.63, 3.8) is 0 Å². The largest absolute Gasteiger partial charge is 0.452 e. The number of esters is 1. The highest BCUT2D eigenvalue weighted by Crippen LogP contribution is 2.14. The number of amides is 3. The molecule has 3 aromatic rings. The van der Waals surface area contributed by atoms with Gasteiger partial charge in [-0.1, -0.05) is 6.07 Å². The maximum absolute atomic E-state index is 12.1. The minimum absolute atomic E-state index is 0.288. The molecule has 1 aromatic heterocycles. The predicted octanol–water partition coefficient (Wildman–Crippen LogP) is 3.30. The van der Waals surface area contributed by atoms with Crippen LogP contribution in [0.3, 0.4) is 0 Å². The fourth-order valence-electron chi connectivity index (χ4n) is 2.74. The van der Waals surface area contributed by atoms with E-state index in [0.29, 0.717) is 5.69 Å². The number of hydrogen-bond acceptors (Lipinski definition) is 5. The Kier molecular flexibility index (Phi) is 6.26. The Morgan fingerprint density at radius 1 is 0.967 bits per heavy atom. The Morgan fingerprint density at radius 2 is 1.70 bits per heavy atom. The van der Waals surface area contributed by atoms with Gasteiger partial charge in [0, 0.05) is 17.6 Å². The lowest BCUT2D eigenvalue weighted by Crippen LogP contribution is -2.37. The molecular weight excluding hydrogens is 384 g/mol. The zero-order valence-corrected chi connectivity index (χ0v) is 16.9. The molecule has 3 rings (SSSR count). The molecule has 0 radical (unpaired) electrons. The van der Waals surface area contributed by atoms with Crippen molar-refractivity contribution in [3.05, 3.63) is 77.1 Å². The number of hydrogen-bond donors (Lipinski definition) is 2. The van der Waals surface area contributed by atoms with Gasteiger partial charge in [0.25, 0.3) is 5.91 Å². The predicted molar refractivity (Wildman–Crippen MR) is 112 cm³/mol. The molecule has 8 heteroatoms. The molecule has 0 aliphatic rings. The number of aryl methyl sites for hydroxylation is 3. The molecular formula is C22H22N4O4. The standard InChI is InChI=1S/C22H22N4O4/c1-14-4-7-18(12-15(14)2)24-22(29)25-20(27)13-30-21(28)17-5-8-19(9-6-17)26-16(3)10-11-23-26/h4-12H,13H2,1-3H3,(H2,24,25,27,29). The number of imide groups is 1. The summed E-state index contributed by atoms with van der Waals surface area (Å²) in [6, 6.07) is 13.2. The van der Waals surface area contributed by atoms with E-state index >= 15 is 0 Å². The molecule has 1 heterocycles. The van der Waals surface area contributed by atoms with E-state index < -0.39 is 24.5 Å². The summed E-state index contributed by atoms with van der Waals surface area (Å²) in [5.41, 5.74) is 4.72. The van der Waals surface area contributed by atoms with Crippen molar-refractivity contribution in [2.24, 2.45) is 0 Å². The molecule has 0 bridgehead atoms. The highest BCUT2D eigenvalue weighted by atomic mass is 16.5. The molecule has 0 fully saturated rings. The molecule has 2 aromatic carbocycles. The zero-order valence-electron chi connectivity index (χ0n) is 16.9. The average Bonchev–Trinajstić information content (AvgIpc) is 3.15. The monoisotopic (exact) mass is 406 g/mol. The minimum atomic E-state index is -0.728. The van der Waals surface area contributed by atoms with Gasteiger partial charge in [-0.15, -0.1) is 0 Å². The van der Waals surface area contributed by atoms with Crippen molar-refractivity contribution in [2.45, 2.75) is 20.8 Å². The van der Waals surface area contributed by atoms with Gasteiger partial charge in [0.05, 0.1) is 11.3 Å². The van der Waals surface area contributed by atoms with Crippen LogP contribution in [0, 0.1) is 20.8 Å². The number of nitrogens with one attached hydrogen (secondary N) is 2. The van der Waals surface area contributed by atoms with E-state index in [-0.39, 0.29) is 5.56 Å². The first-order valence-corrected chi connectivity index (χ1v) is 9.30. The van der Waals surface area contributed by atoms with Gasteiger partial charge < -0.3 is 10.1 Å². The second-order valence-electron chi connectivity index (χ2n) is 6.81. The Balaban J connectivity index is 1.49. The molecule has 30 heavy (non-hydrogen) atoms. The Hall–Kier alpha value is -3.94. The van der Waals surface area contributed by atoms with E-state index in [1.165, 1.54) is 0 Å². The number of nitrogens with zero attached hydrogens (tertiary/aromatic N) is 2. The quantitative estimate of drug-likeness (QED) is 0.633. The molecule has 0 saturated carbocycles. The zero-order chi connectivity index (χ0) is 21.7. The third-order valence-corrected chi connectivity index (χ3v) is 4.53. The van der Waals surface area contributed by atoms with Crippen LogP contribution in [-0.4, -0.2) is 34.3 Å². The fraction of sp³-hybridized carbons (Fsp3) is 0.182. The highest BCUT2D eigenvalue weighted by Gasteiger charge is 2.13. The minimum Gasteiger partial charge on any atom is -0.452 e. The molecule has 8 nitrogen and oxygen atoms in total. The number of aromatic nitrogens is 2. The molecule has 0 aliphatic carbocycles. The molecule has 154 valence electrons. The van der Waals surface area contributed by atoms with Crippen LogP contribution >= 0.6 is 0 Å². The first-order chi connectivity index (χ1) is 14.3. The summed E-state index contributed by atoms with van der Waals surface area (Å²) in [7, 11) is 0. The maximum atomic E-state index is 12.1. The molecule has 3 amide bonds. The maximum Gasteiger partial charge on any atom is 0.338 e. The lowest BCUT2D eigenvalue weighted by Gasteiger charge is -2.09. The number of rotatable bonds is 5. The van der Waals surface area contributed by atoms with Crippen molar-refractivity contribution in [3.8, 4) is 5.69 Å². The Bertz CT molecular complexity index is 1090. The summed E-state index contributed by atoms with van der Waals surface area (Å²) in [5.74, 6) is -1.39. The van der Waals surface area contributed by atoms with Gasteiger partial charge in [-0.25, -0.2) is 14.3 Å². The molecule has 0 saturated heterocycles. The molecule has 0 aliphatic heterocycles. The normalized spacial score (nSPS) is 10.4. The van der Waals surface area contributed by atoms with E-state index in [1.807, 2.05) is 32.9 Å². The number of urea groups is 1. The van der Waals surface area contributed by atoms with Gasteiger partial charge in [0.15, 0.2) is 6.61 Å². The van der Waals surface area contributed by atoms with Gasteiger partial charge in [-0.2, -0.15) is 5.10 Å². The van der Waals surface area contributed by atoms with Crippen LogP contribution in [0.5, 0.6) is 0 Å². The summed E-state index contributed by atoms with van der Waals surface area (Å²) >= 11 is 0. The molecule has 0 spiro atoms. The first-order valence-electron chi connectivity index (χ1n) is 9.30. The van der Waals surface area contributed by atoms with Crippen molar-refractivity contribution in [2.75, 3.05) is 11.9 Å². The van der Waals surface area contributed by atoms with E-state index in [1.54, 1.807) is 47.3 Å². The van der Waals surface area contributed by atoms with Gasteiger partial charge in [-0.3, -0.25) is 10.1 Å². The second-order valence-corrected chi connectivity index (χ2v) is 6.81. The van der Waals surface area contributed by atoms with Crippen molar-refractivity contribution in [1.82, 2.24) is 15.1 Å². The van der Waals surface area contributed by atoms with Crippen LogP contribution in [0.4, 0.5) is 10.5 Å². The van der Waals surface area contributed by atoms with Crippen molar-refractivity contribution >= 4 is 23.6 Å². The number of carbonyl (C=O) groups excluding carboxylic acids is 3. The Morgan fingerprint density at radius 3 is 2.33 bits per heavy atom. The molecule has 0 unspecified atom stereocenters. The molecule has 0 atom stereocenters. The third kappa shape index (κ3) is 5.11. The second kappa shape index (κ2) is 9.04. The van der Waals surface area contributed by atoms with Crippen LogP contribution in [0.15, 0.2) is 54.7 Å². The number of ether oxygens (including phenoxy) is 1. The number of anilines is 1. The Labute approximate surface area is 173 Å². The lowest BCUT2D eigenvalue weighted by atomic mass is 10.1. The summed E-state index contributed by atoms with van der Waals surface area (Å²) in [4.78, 5) is 35.9. The van der Waals surface area contributed by atoms with E-state index in [4.69, 9.17) is 4.74 Å². The van der Waals surface area contributed by atoms with Crippen LogP contribution in [0.1, 0.15) is 27.2 Å². The highest BCUT2D eigenvalue weighted by molar-refractivity contribution is 6.02. The summed E-state index contributed by atoms with van der Waals surface area (Å²) in [6.45, 7) is 5.23. The van der Waals surface area contributed by atoms with Crippen LogP contribution < -0.4 is 10.6 Å². The van der Waals surface area contributed by atoms with Crippen LogP contribution in [0.2, 0.25) is 0 Å². The summed E-state index contributed by atoms with van der Waals surface area (Å²) in [6.07, 6.45) is 1.69. The van der Waals surface area contributed by atoms with E-state index in [2.05, 4.69) is 15.7 Å². The SMILES string of the molecule is Cc1ccc(NC(=O)NC(=O)COC(=O)c2ccc(-n3nccc3C)cc2)cc1C. The number of benzene rings is 2. The van der Waals surface area contributed by atoms with E-state index in [9.17, 15) is 14.4 Å². The van der Waals surface area contributed by atoms with Gasteiger partial charge in [-0.05, 0) is 74.4 Å². The fourth-order valence-corrected chi connectivity index (χ4v) is 2.74. The van der Waals surface area contributed by atoms with Crippen molar-refractivity contribution in [1.29, 1.82) is 0 Å². The molecule has 2 N–H and O–H groups in total. The first kappa shape index (κ1) is 20.8. The van der Waals surface area contributed by atoms with Crippen LogP contribution in [0.25, 0.3) is 5.69 Å². The van der Waals surface area contributed by atoms with Gasteiger partial charge in [0.1, 0.15) is 0 Å². The van der Waals surface area contributed by atoms with Crippen LogP contribution in [-0.2, 0) is 9.53 Å². The van der Waals surface area contributed by atoms with Gasteiger partial charge >= 0.3 is 12.0 Å². The lowest BCUT2D eigenvalue weighted by molar-refractivity contribution is -0.123. The average molecular weight is 406 g/mol. The topological polar surface area (TPSA) is 102 Å². The summed E-state index contributed by atoms with van der Waals surface area (Å²) in [5, 5.41) is 8.89. The number of carbonyl (C=O) groups is 3. The van der Waals surface area contributed by atoms with E-state index in [0.717, 1.165) is 22.5 Å².